The second-order valence-electron chi connectivity index (χ2n) is 13.8. The Morgan fingerprint density at radius 2 is 0.923 bits per heavy atom. The zero-order valence-electron chi connectivity index (χ0n) is 28.7. The first kappa shape index (κ1) is 30.4. The quantitative estimate of drug-likeness (QED) is 0.170. The van der Waals surface area contributed by atoms with Gasteiger partial charge in [-0.3, -0.25) is 0 Å². The van der Waals surface area contributed by atoms with Gasteiger partial charge in [-0.15, -0.1) is 0 Å². The summed E-state index contributed by atoms with van der Waals surface area (Å²) in [7, 11) is 0. The summed E-state index contributed by atoms with van der Waals surface area (Å²) in [5.41, 5.74) is 14.9. The molecule has 8 aromatic rings. The van der Waals surface area contributed by atoms with Crippen LogP contribution >= 0.6 is 0 Å². The average Bonchev–Trinajstić information content (AvgIpc) is 3.71. The van der Waals surface area contributed by atoms with Crippen LogP contribution in [0.3, 0.4) is 0 Å². The maximum atomic E-state index is 5.05. The number of aromatic nitrogens is 3. The second kappa shape index (κ2) is 12.4. The van der Waals surface area contributed by atoms with E-state index >= 15 is 0 Å². The molecule has 3 heteroatoms. The van der Waals surface area contributed by atoms with Gasteiger partial charge in [0.15, 0.2) is 11.6 Å². The number of benzene rings is 7. The van der Waals surface area contributed by atoms with Gasteiger partial charge in [0.05, 0.1) is 5.41 Å². The fourth-order valence-corrected chi connectivity index (χ4v) is 8.87. The summed E-state index contributed by atoms with van der Waals surface area (Å²) in [6, 6.07) is 65.5. The van der Waals surface area contributed by atoms with Crippen molar-refractivity contribution in [3.05, 3.63) is 221 Å². The number of hydrogen-bond donors (Lipinski definition) is 0. The first-order chi connectivity index (χ1) is 25.8. The molecule has 2 aliphatic rings. The largest absolute Gasteiger partial charge is 0.213 e. The maximum absolute atomic E-state index is 5.05. The highest BCUT2D eigenvalue weighted by Crippen LogP contribution is 2.61. The van der Waals surface area contributed by atoms with Crippen LogP contribution in [0.5, 0.6) is 0 Å². The molecule has 1 unspecified atom stereocenters. The molecule has 52 heavy (non-hydrogen) atoms. The van der Waals surface area contributed by atoms with Gasteiger partial charge in [-0.1, -0.05) is 182 Å². The molecule has 0 saturated heterocycles. The van der Waals surface area contributed by atoms with Gasteiger partial charge in [-0.2, -0.15) is 0 Å². The van der Waals surface area contributed by atoms with Gasteiger partial charge in [-0.05, 0) is 62.1 Å². The summed E-state index contributed by atoms with van der Waals surface area (Å²) in [6.07, 6.45) is 1.62. The van der Waals surface area contributed by atoms with Crippen LogP contribution in [0.1, 0.15) is 51.5 Å². The average molecular weight is 666 g/mol. The van der Waals surface area contributed by atoms with Crippen LogP contribution in [-0.4, -0.2) is 15.0 Å². The van der Waals surface area contributed by atoms with Gasteiger partial charge >= 0.3 is 0 Å². The number of hydrogen-bond acceptors (Lipinski definition) is 3. The van der Waals surface area contributed by atoms with E-state index in [2.05, 4.69) is 146 Å². The molecule has 0 N–H and O–H groups in total. The van der Waals surface area contributed by atoms with Crippen LogP contribution in [0.4, 0.5) is 0 Å². The topological polar surface area (TPSA) is 38.7 Å². The normalized spacial score (nSPS) is 14.7. The summed E-state index contributed by atoms with van der Waals surface area (Å²) in [4.78, 5) is 15.0. The SMILES string of the molecule is c1ccc(-c2nc(CCC3c4ccccc4-c4c3ccc3c4-c4ccccc4C3(c3ccccc3)c3ccccc3)nc(-c3ccccc3)n2)cc1. The lowest BCUT2D eigenvalue weighted by Gasteiger charge is -2.34. The van der Waals surface area contributed by atoms with E-state index in [0.717, 1.165) is 29.8 Å². The minimum Gasteiger partial charge on any atom is -0.213 e. The van der Waals surface area contributed by atoms with Gasteiger partial charge in [0.2, 0.25) is 0 Å². The highest BCUT2D eigenvalue weighted by Gasteiger charge is 2.48. The number of nitrogens with zero attached hydrogens (tertiary/aromatic N) is 3. The van der Waals surface area contributed by atoms with E-state index in [0.29, 0.717) is 11.6 Å². The second-order valence-corrected chi connectivity index (χ2v) is 13.8. The Balaban J connectivity index is 1.13. The van der Waals surface area contributed by atoms with E-state index in [-0.39, 0.29) is 5.92 Å². The van der Waals surface area contributed by atoms with E-state index in [1.165, 1.54) is 55.6 Å². The fourth-order valence-electron chi connectivity index (χ4n) is 8.87. The van der Waals surface area contributed by atoms with Crippen molar-refractivity contribution >= 4 is 0 Å². The van der Waals surface area contributed by atoms with Gasteiger partial charge in [-0.25, -0.2) is 15.0 Å². The number of rotatable bonds is 7. The first-order valence-electron chi connectivity index (χ1n) is 18.1. The molecule has 10 rings (SSSR count). The molecular weight excluding hydrogens is 631 g/mol. The van der Waals surface area contributed by atoms with Crippen molar-refractivity contribution in [2.24, 2.45) is 0 Å². The van der Waals surface area contributed by atoms with Crippen molar-refractivity contribution in [2.45, 2.75) is 24.2 Å². The molecule has 2 aliphatic carbocycles. The predicted octanol–water partition coefficient (Wildman–Crippen LogP) is 11.3. The van der Waals surface area contributed by atoms with Crippen LogP contribution in [0.2, 0.25) is 0 Å². The van der Waals surface area contributed by atoms with Crippen molar-refractivity contribution in [3.63, 3.8) is 0 Å². The molecular formula is C49H35N3. The Morgan fingerprint density at radius 3 is 1.54 bits per heavy atom. The van der Waals surface area contributed by atoms with E-state index in [1.807, 2.05) is 36.4 Å². The zero-order chi connectivity index (χ0) is 34.5. The molecule has 1 aromatic heterocycles. The third-order valence-electron chi connectivity index (χ3n) is 11.0. The van der Waals surface area contributed by atoms with Crippen LogP contribution in [0.15, 0.2) is 182 Å². The molecule has 0 amide bonds. The van der Waals surface area contributed by atoms with Crippen molar-refractivity contribution in [1.29, 1.82) is 0 Å². The van der Waals surface area contributed by atoms with Gasteiger partial charge < -0.3 is 0 Å². The van der Waals surface area contributed by atoms with E-state index in [9.17, 15) is 0 Å². The Morgan fingerprint density at radius 1 is 0.404 bits per heavy atom. The highest BCUT2D eigenvalue weighted by molar-refractivity contribution is 5.99. The minimum atomic E-state index is -0.428. The van der Waals surface area contributed by atoms with Crippen LogP contribution in [0, 0.1) is 0 Å². The number of fused-ring (bicyclic) bond motifs is 7. The Hall–Kier alpha value is -6.45. The minimum absolute atomic E-state index is 0.212. The van der Waals surface area contributed by atoms with E-state index in [1.54, 1.807) is 0 Å². The van der Waals surface area contributed by atoms with Crippen LogP contribution in [-0.2, 0) is 11.8 Å². The molecule has 1 heterocycles. The third-order valence-corrected chi connectivity index (χ3v) is 11.0. The molecule has 0 bridgehead atoms. The monoisotopic (exact) mass is 665 g/mol. The third kappa shape index (κ3) is 4.70. The summed E-state index contributed by atoms with van der Waals surface area (Å²) in [5.74, 6) is 2.45. The van der Waals surface area contributed by atoms with Gasteiger partial charge in [0, 0.05) is 23.5 Å². The molecule has 3 nitrogen and oxygen atoms in total. The first-order valence-corrected chi connectivity index (χ1v) is 18.1. The summed E-state index contributed by atoms with van der Waals surface area (Å²) < 4.78 is 0. The summed E-state index contributed by atoms with van der Waals surface area (Å²) >= 11 is 0. The predicted molar refractivity (Wildman–Crippen MR) is 210 cm³/mol. The maximum Gasteiger partial charge on any atom is 0.163 e. The Labute approximate surface area is 304 Å². The summed E-state index contributed by atoms with van der Waals surface area (Å²) in [6.45, 7) is 0. The van der Waals surface area contributed by atoms with Crippen molar-refractivity contribution in [1.82, 2.24) is 15.0 Å². The molecule has 1 atom stereocenters. The summed E-state index contributed by atoms with van der Waals surface area (Å²) in [5, 5.41) is 0. The van der Waals surface area contributed by atoms with Crippen LogP contribution < -0.4 is 0 Å². The van der Waals surface area contributed by atoms with Gasteiger partial charge in [0.1, 0.15) is 5.82 Å². The fraction of sp³-hybridized carbons (Fsp3) is 0.0816. The molecule has 7 aromatic carbocycles. The standard InChI is InChI=1S/C49H35N3/c1-5-17-33(18-6-1)47-50-44(51-48(52-47)34-19-7-2-8-20-34)32-30-38-37-25-13-14-26-39(37)45-40(38)29-31-43-46(45)41-27-15-16-28-42(41)49(43,35-21-9-3-10-22-35)36-23-11-4-12-24-36/h1-29,31,38H,30,32H2. The van der Waals surface area contributed by atoms with E-state index < -0.39 is 5.41 Å². The molecule has 0 aliphatic heterocycles. The molecule has 0 fully saturated rings. The lowest BCUT2D eigenvalue weighted by atomic mass is 9.67. The zero-order valence-corrected chi connectivity index (χ0v) is 28.7. The van der Waals surface area contributed by atoms with Gasteiger partial charge in [0.25, 0.3) is 0 Å². The van der Waals surface area contributed by atoms with E-state index in [4.69, 9.17) is 15.0 Å². The molecule has 0 radical (unpaired) electrons. The van der Waals surface area contributed by atoms with Crippen molar-refractivity contribution < 1.29 is 0 Å². The lowest BCUT2D eigenvalue weighted by Crippen LogP contribution is -2.28. The Kier molecular flexibility index (Phi) is 7.24. The molecule has 0 spiro atoms. The highest BCUT2D eigenvalue weighted by atomic mass is 15.0. The number of aryl methyl sites for hydroxylation is 1. The smallest absolute Gasteiger partial charge is 0.163 e. The lowest BCUT2D eigenvalue weighted by molar-refractivity contribution is 0.698. The van der Waals surface area contributed by atoms with Crippen molar-refractivity contribution in [2.75, 3.05) is 0 Å². The van der Waals surface area contributed by atoms with Crippen molar-refractivity contribution in [3.8, 4) is 45.0 Å². The molecule has 0 saturated carbocycles. The Bertz CT molecular complexity index is 2470. The molecule has 246 valence electrons. The van der Waals surface area contributed by atoms with Crippen LogP contribution in [0.25, 0.3) is 45.0 Å².